The second-order valence-electron chi connectivity index (χ2n) is 6.95. The van der Waals surface area contributed by atoms with Crippen LogP contribution in [0.15, 0.2) is 11.6 Å². The zero-order valence-corrected chi connectivity index (χ0v) is 11.7. The molecular formula is C15H26O3. The predicted octanol–water partition coefficient (Wildman–Crippen LogP) is 1.86. The van der Waals surface area contributed by atoms with Gasteiger partial charge in [0.1, 0.15) is 5.60 Å². The van der Waals surface area contributed by atoms with E-state index in [1.807, 2.05) is 6.08 Å². The van der Waals surface area contributed by atoms with E-state index in [-0.39, 0.29) is 24.0 Å². The van der Waals surface area contributed by atoms with E-state index in [0.717, 1.165) is 25.7 Å². The lowest BCUT2D eigenvalue weighted by molar-refractivity contribution is -0.163. The van der Waals surface area contributed by atoms with Crippen molar-refractivity contribution in [2.24, 2.45) is 16.7 Å². The van der Waals surface area contributed by atoms with E-state index < -0.39 is 5.60 Å². The van der Waals surface area contributed by atoms with E-state index in [9.17, 15) is 15.3 Å². The van der Waals surface area contributed by atoms with Gasteiger partial charge >= 0.3 is 0 Å². The van der Waals surface area contributed by atoms with Gasteiger partial charge in [-0.25, -0.2) is 0 Å². The molecule has 2 rings (SSSR count). The lowest BCUT2D eigenvalue weighted by Crippen LogP contribution is -2.61. The Bertz CT molecular complexity index is 361. The minimum Gasteiger partial charge on any atom is -0.393 e. The molecule has 1 saturated carbocycles. The summed E-state index contributed by atoms with van der Waals surface area (Å²) in [6, 6.07) is 0. The molecule has 0 saturated heterocycles. The molecule has 0 heterocycles. The van der Waals surface area contributed by atoms with Crippen LogP contribution in [-0.4, -0.2) is 34.1 Å². The number of hydrogen-bond acceptors (Lipinski definition) is 3. The average Bonchev–Trinajstić information content (AvgIpc) is 2.31. The molecule has 1 fully saturated rings. The van der Waals surface area contributed by atoms with Gasteiger partial charge in [0.05, 0.1) is 13.2 Å². The smallest absolute Gasteiger partial charge is 0.116 e. The summed E-state index contributed by atoms with van der Waals surface area (Å²) < 4.78 is 0. The molecule has 0 spiro atoms. The Balaban J connectivity index is 2.50. The molecule has 2 aliphatic carbocycles. The van der Waals surface area contributed by atoms with Crippen molar-refractivity contribution >= 4 is 0 Å². The van der Waals surface area contributed by atoms with Crippen molar-refractivity contribution in [2.75, 3.05) is 13.2 Å². The molecule has 3 heteroatoms. The van der Waals surface area contributed by atoms with Crippen LogP contribution in [0.4, 0.5) is 0 Å². The van der Waals surface area contributed by atoms with Gasteiger partial charge in [-0.3, -0.25) is 0 Å². The number of hydrogen-bond donors (Lipinski definition) is 3. The van der Waals surface area contributed by atoms with Crippen LogP contribution in [0.2, 0.25) is 0 Å². The fraction of sp³-hybridized carbons (Fsp3) is 0.867. The maximum Gasteiger partial charge on any atom is 0.116 e. The highest BCUT2D eigenvalue weighted by Gasteiger charge is 2.59. The molecule has 104 valence electrons. The Labute approximate surface area is 110 Å². The number of aliphatic hydroxyl groups excluding tert-OH is 2. The Kier molecular flexibility index (Phi) is 3.37. The summed E-state index contributed by atoms with van der Waals surface area (Å²) in [5.74, 6) is 0.353. The second-order valence-corrected chi connectivity index (χ2v) is 6.95. The fourth-order valence-corrected chi connectivity index (χ4v) is 4.47. The van der Waals surface area contributed by atoms with Gasteiger partial charge in [-0.05, 0) is 36.2 Å². The molecule has 0 aromatic rings. The standard InChI is InChI=1S/C15H26O3/c1-13(2)7-4-8-14(3)12(13)6-5-11(9-16)15(14,18)10-17/h5,12,16-18H,4,6-10H2,1-3H3/t12-,14-,15+/m0/s1. The molecule has 0 aromatic heterocycles. The van der Waals surface area contributed by atoms with Crippen molar-refractivity contribution in [1.29, 1.82) is 0 Å². The fourth-order valence-electron chi connectivity index (χ4n) is 4.47. The third kappa shape index (κ3) is 1.68. The van der Waals surface area contributed by atoms with Crippen LogP contribution in [0, 0.1) is 16.7 Å². The number of rotatable bonds is 2. The largest absolute Gasteiger partial charge is 0.393 e. The number of fused-ring (bicyclic) bond motifs is 1. The Hall–Kier alpha value is -0.380. The zero-order chi connectivity index (χ0) is 13.6. The van der Waals surface area contributed by atoms with Crippen LogP contribution in [-0.2, 0) is 0 Å². The van der Waals surface area contributed by atoms with Crippen LogP contribution in [0.3, 0.4) is 0 Å². The minimum atomic E-state index is -1.26. The number of aliphatic hydroxyl groups is 3. The van der Waals surface area contributed by atoms with E-state index in [0.29, 0.717) is 11.5 Å². The lowest BCUT2D eigenvalue weighted by Gasteiger charge is -2.60. The van der Waals surface area contributed by atoms with Crippen LogP contribution < -0.4 is 0 Å². The topological polar surface area (TPSA) is 60.7 Å². The third-order valence-corrected chi connectivity index (χ3v) is 5.70. The summed E-state index contributed by atoms with van der Waals surface area (Å²) in [6.45, 7) is 6.12. The summed E-state index contributed by atoms with van der Waals surface area (Å²) >= 11 is 0. The van der Waals surface area contributed by atoms with Crippen LogP contribution in [0.1, 0.15) is 46.5 Å². The second kappa shape index (κ2) is 4.32. The molecule has 0 amide bonds. The van der Waals surface area contributed by atoms with Crippen molar-refractivity contribution in [1.82, 2.24) is 0 Å². The van der Waals surface area contributed by atoms with Gasteiger partial charge in [-0.15, -0.1) is 0 Å². The van der Waals surface area contributed by atoms with Crippen LogP contribution >= 0.6 is 0 Å². The van der Waals surface area contributed by atoms with Gasteiger partial charge in [-0.2, -0.15) is 0 Å². The predicted molar refractivity (Wildman–Crippen MR) is 71.1 cm³/mol. The molecule has 0 aromatic carbocycles. The highest BCUT2D eigenvalue weighted by Crippen LogP contribution is 2.60. The van der Waals surface area contributed by atoms with E-state index >= 15 is 0 Å². The first-order valence-corrected chi connectivity index (χ1v) is 6.95. The molecule has 0 aliphatic heterocycles. The quantitative estimate of drug-likeness (QED) is 0.659. The zero-order valence-electron chi connectivity index (χ0n) is 11.7. The van der Waals surface area contributed by atoms with Gasteiger partial charge < -0.3 is 15.3 Å². The summed E-state index contributed by atoms with van der Waals surface area (Å²) in [5, 5.41) is 30.1. The first kappa shape index (κ1) is 14.0. The Morgan fingerprint density at radius 2 is 1.89 bits per heavy atom. The Morgan fingerprint density at radius 3 is 2.44 bits per heavy atom. The molecule has 3 atom stereocenters. The van der Waals surface area contributed by atoms with Crippen molar-refractivity contribution in [2.45, 2.75) is 52.1 Å². The maximum absolute atomic E-state index is 10.9. The molecule has 0 unspecified atom stereocenters. The van der Waals surface area contributed by atoms with Crippen molar-refractivity contribution < 1.29 is 15.3 Å². The summed E-state index contributed by atoms with van der Waals surface area (Å²) in [7, 11) is 0. The molecule has 18 heavy (non-hydrogen) atoms. The molecule has 0 radical (unpaired) electrons. The van der Waals surface area contributed by atoms with Crippen molar-refractivity contribution in [3.8, 4) is 0 Å². The van der Waals surface area contributed by atoms with Gasteiger partial charge in [0, 0.05) is 5.41 Å². The highest BCUT2D eigenvalue weighted by molar-refractivity contribution is 5.29. The van der Waals surface area contributed by atoms with E-state index in [1.165, 1.54) is 0 Å². The summed E-state index contributed by atoms with van der Waals surface area (Å²) in [4.78, 5) is 0. The lowest BCUT2D eigenvalue weighted by atomic mass is 9.47. The molecule has 3 nitrogen and oxygen atoms in total. The first-order valence-electron chi connectivity index (χ1n) is 6.95. The van der Waals surface area contributed by atoms with E-state index in [2.05, 4.69) is 20.8 Å². The SMILES string of the molecule is CC1(C)CCC[C@@]2(C)[C@H]1CC=C(CO)[C@]2(O)CO. The average molecular weight is 254 g/mol. The van der Waals surface area contributed by atoms with Gasteiger partial charge in [0.25, 0.3) is 0 Å². The van der Waals surface area contributed by atoms with E-state index in [1.54, 1.807) is 0 Å². The summed E-state index contributed by atoms with van der Waals surface area (Å²) in [5.41, 5.74) is -0.826. The monoisotopic (exact) mass is 254 g/mol. The minimum absolute atomic E-state index is 0.167. The summed E-state index contributed by atoms with van der Waals surface area (Å²) in [6.07, 6.45) is 5.98. The third-order valence-electron chi connectivity index (χ3n) is 5.70. The molecule has 0 bridgehead atoms. The van der Waals surface area contributed by atoms with Gasteiger partial charge in [0.2, 0.25) is 0 Å². The molecule has 2 aliphatic rings. The molecule has 3 N–H and O–H groups in total. The maximum atomic E-state index is 10.9. The first-order chi connectivity index (χ1) is 8.32. The van der Waals surface area contributed by atoms with E-state index in [4.69, 9.17) is 0 Å². The highest BCUT2D eigenvalue weighted by atomic mass is 16.3. The van der Waals surface area contributed by atoms with Gasteiger partial charge in [0.15, 0.2) is 0 Å². The number of allylic oxidation sites excluding steroid dienone is 1. The van der Waals surface area contributed by atoms with Crippen molar-refractivity contribution in [3.05, 3.63) is 11.6 Å². The molecular weight excluding hydrogens is 228 g/mol. The van der Waals surface area contributed by atoms with Gasteiger partial charge in [-0.1, -0.05) is 33.3 Å². The normalized spacial score (nSPS) is 43.2. The van der Waals surface area contributed by atoms with Crippen LogP contribution in [0.5, 0.6) is 0 Å². The van der Waals surface area contributed by atoms with Crippen molar-refractivity contribution in [3.63, 3.8) is 0 Å². The Morgan fingerprint density at radius 1 is 1.22 bits per heavy atom. The van der Waals surface area contributed by atoms with Crippen LogP contribution in [0.25, 0.3) is 0 Å².